The van der Waals surface area contributed by atoms with E-state index in [-0.39, 0.29) is 12.4 Å². The van der Waals surface area contributed by atoms with Gasteiger partial charge in [-0.1, -0.05) is 0 Å². The smallest absolute Gasteiger partial charge is 0.329 e. The third kappa shape index (κ3) is 1.77. The summed E-state index contributed by atoms with van der Waals surface area (Å²) < 4.78 is 38.0. The predicted octanol–water partition coefficient (Wildman–Crippen LogP) is 1.34. The number of nitrogens with zero attached hydrogens (tertiary/aromatic N) is 1. The van der Waals surface area contributed by atoms with Crippen molar-refractivity contribution in [1.29, 1.82) is 0 Å². The van der Waals surface area contributed by atoms with Crippen LogP contribution in [0.2, 0.25) is 0 Å². The molecule has 0 aliphatic carbocycles. The molecule has 2 rings (SSSR count). The molecule has 0 aromatic carbocycles. The number of Topliss-reactive ketones (excluding diaryl/α,β-unsaturated/α-hetero) is 1. The molecule has 0 bridgehead atoms. The van der Waals surface area contributed by atoms with Crippen LogP contribution in [0.15, 0.2) is 12.1 Å². The van der Waals surface area contributed by atoms with Gasteiger partial charge in [0.05, 0.1) is 12.4 Å². The maximum Gasteiger partial charge on any atom is 0.456 e. The van der Waals surface area contributed by atoms with Crippen molar-refractivity contribution < 1.29 is 18.0 Å². The summed E-state index contributed by atoms with van der Waals surface area (Å²) in [5.74, 6) is -1.78. The van der Waals surface area contributed by atoms with Crippen molar-refractivity contribution in [1.82, 2.24) is 9.88 Å². The highest BCUT2D eigenvalue weighted by Crippen LogP contribution is 2.23. The van der Waals surface area contributed by atoms with E-state index in [2.05, 4.69) is 5.32 Å². The second kappa shape index (κ2) is 3.37. The third-order valence-electron chi connectivity index (χ3n) is 2.39. The van der Waals surface area contributed by atoms with Crippen molar-refractivity contribution >= 4 is 5.78 Å². The summed E-state index contributed by atoms with van der Waals surface area (Å²) in [6.07, 6.45) is -4.16. The molecule has 0 unspecified atom stereocenters. The van der Waals surface area contributed by atoms with Gasteiger partial charge >= 0.3 is 6.18 Å². The Kier molecular flexibility index (Phi) is 2.30. The van der Waals surface area contributed by atoms with Gasteiger partial charge < -0.3 is 4.57 Å². The molecule has 1 aromatic rings. The van der Waals surface area contributed by atoms with Gasteiger partial charge in [0, 0.05) is 18.7 Å². The van der Waals surface area contributed by atoms with Gasteiger partial charge in [0.1, 0.15) is 0 Å². The van der Waals surface area contributed by atoms with Crippen LogP contribution in [-0.2, 0) is 13.1 Å². The lowest BCUT2D eigenvalue weighted by Gasteiger charge is -2.19. The molecular formula is C9H9F3N2O. The van der Waals surface area contributed by atoms with E-state index in [1.54, 1.807) is 6.07 Å². The van der Waals surface area contributed by atoms with Crippen molar-refractivity contribution in [3.8, 4) is 0 Å². The molecule has 0 atom stereocenters. The van der Waals surface area contributed by atoms with E-state index in [1.807, 2.05) is 0 Å². The SMILES string of the molecule is O=C(c1ccc2n1CNCC2)C(F)(F)F. The number of carbonyl (C=O) groups excluding carboxylic acids is 1. The third-order valence-corrected chi connectivity index (χ3v) is 2.39. The molecule has 1 aliphatic heterocycles. The molecule has 1 aliphatic rings. The fraction of sp³-hybridized carbons (Fsp3) is 0.444. The maximum atomic E-state index is 12.2. The quantitative estimate of drug-likeness (QED) is 0.721. The summed E-state index contributed by atoms with van der Waals surface area (Å²) in [4.78, 5) is 11.0. The molecule has 6 heteroatoms. The summed E-state index contributed by atoms with van der Waals surface area (Å²) in [5, 5.41) is 2.92. The first-order valence-corrected chi connectivity index (χ1v) is 4.51. The average Bonchev–Trinajstić information content (AvgIpc) is 2.58. The zero-order valence-corrected chi connectivity index (χ0v) is 7.77. The van der Waals surface area contributed by atoms with E-state index in [1.165, 1.54) is 10.6 Å². The summed E-state index contributed by atoms with van der Waals surface area (Å²) in [6, 6.07) is 2.80. The van der Waals surface area contributed by atoms with Crippen LogP contribution >= 0.6 is 0 Å². The first kappa shape index (κ1) is 10.2. The standard InChI is InChI=1S/C9H9F3N2O/c10-9(11,12)8(15)7-2-1-6-3-4-13-5-14(6)7/h1-2,13H,3-5H2. The highest BCUT2D eigenvalue weighted by atomic mass is 19.4. The molecule has 2 heterocycles. The molecule has 1 N–H and O–H groups in total. The Hall–Kier alpha value is -1.30. The number of hydrogen-bond donors (Lipinski definition) is 1. The van der Waals surface area contributed by atoms with E-state index in [4.69, 9.17) is 0 Å². The molecular weight excluding hydrogens is 209 g/mol. The number of hydrogen-bond acceptors (Lipinski definition) is 2. The summed E-state index contributed by atoms with van der Waals surface area (Å²) in [6.45, 7) is 0.989. The second-order valence-corrected chi connectivity index (χ2v) is 3.37. The number of nitrogens with one attached hydrogen (secondary N) is 1. The van der Waals surface area contributed by atoms with Gasteiger partial charge in [0.15, 0.2) is 0 Å². The van der Waals surface area contributed by atoms with Gasteiger partial charge in [-0.05, 0) is 12.1 Å². The molecule has 82 valence electrons. The summed E-state index contributed by atoms with van der Waals surface area (Å²) in [7, 11) is 0. The number of carbonyl (C=O) groups is 1. The van der Waals surface area contributed by atoms with Crippen molar-refractivity contribution in [2.45, 2.75) is 19.3 Å². The number of alkyl halides is 3. The fourth-order valence-corrected chi connectivity index (χ4v) is 1.67. The van der Waals surface area contributed by atoms with Crippen molar-refractivity contribution in [2.24, 2.45) is 0 Å². The fourth-order valence-electron chi connectivity index (χ4n) is 1.67. The average molecular weight is 218 g/mol. The Morgan fingerprint density at radius 1 is 1.40 bits per heavy atom. The lowest BCUT2D eigenvalue weighted by molar-refractivity contribution is -0.0891. The Labute approximate surface area is 83.9 Å². The van der Waals surface area contributed by atoms with E-state index in [0.29, 0.717) is 6.42 Å². The van der Waals surface area contributed by atoms with Gasteiger partial charge in [-0.15, -0.1) is 0 Å². The van der Waals surface area contributed by atoms with Gasteiger partial charge in [-0.2, -0.15) is 13.2 Å². The zero-order chi connectivity index (χ0) is 11.1. The van der Waals surface area contributed by atoms with Crippen LogP contribution in [0.1, 0.15) is 16.2 Å². The lowest BCUT2D eigenvalue weighted by atomic mass is 10.3. The molecule has 1 aromatic heterocycles. The van der Waals surface area contributed by atoms with E-state index >= 15 is 0 Å². The molecule has 0 fully saturated rings. The molecule has 0 saturated carbocycles. The molecule has 0 radical (unpaired) electrons. The van der Waals surface area contributed by atoms with Crippen LogP contribution in [0.3, 0.4) is 0 Å². The van der Waals surface area contributed by atoms with Crippen LogP contribution in [0.4, 0.5) is 13.2 Å². The van der Waals surface area contributed by atoms with E-state index in [0.717, 1.165) is 12.2 Å². The molecule has 3 nitrogen and oxygen atoms in total. The number of fused-ring (bicyclic) bond motifs is 1. The Bertz CT molecular complexity index is 395. The first-order chi connectivity index (χ1) is 7.00. The molecule has 0 amide bonds. The van der Waals surface area contributed by atoms with Crippen molar-refractivity contribution in [3.63, 3.8) is 0 Å². The van der Waals surface area contributed by atoms with Gasteiger partial charge in [0.25, 0.3) is 5.78 Å². The zero-order valence-electron chi connectivity index (χ0n) is 7.77. The van der Waals surface area contributed by atoms with E-state index < -0.39 is 12.0 Å². The lowest BCUT2D eigenvalue weighted by Crippen LogP contribution is -2.33. The molecule has 15 heavy (non-hydrogen) atoms. The summed E-state index contributed by atoms with van der Waals surface area (Å²) in [5.41, 5.74) is 0.478. The Morgan fingerprint density at radius 3 is 2.80 bits per heavy atom. The minimum Gasteiger partial charge on any atom is -0.329 e. The van der Waals surface area contributed by atoms with Crippen LogP contribution < -0.4 is 5.32 Å². The summed E-state index contributed by atoms with van der Waals surface area (Å²) >= 11 is 0. The van der Waals surface area contributed by atoms with Gasteiger partial charge in [-0.3, -0.25) is 10.1 Å². The number of aromatic nitrogens is 1. The van der Waals surface area contributed by atoms with E-state index in [9.17, 15) is 18.0 Å². The monoisotopic (exact) mass is 218 g/mol. The largest absolute Gasteiger partial charge is 0.456 e. The van der Waals surface area contributed by atoms with Gasteiger partial charge in [-0.25, -0.2) is 0 Å². The van der Waals surface area contributed by atoms with Gasteiger partial charge in [0.2, 0.25) is 0 Å². The Balaban J connectivity index is 2.37. The number of ketones is 1. The van der Waals surface area contributed by atoms with Crippen LogP contribution in [0.25, 0.3) is 0 Å². The van der Waals surface area contributed by atoms with Crippen LogP contribution in [0, 0.1) is 0 Å². The second-order valence-electron chi connectivity index (χ2n) is 3.37. The Morgan fingerprint density at radius 2 is 2.13 bits per heavy atom. The first-order valence-electron chi connectivity index (χ1n) is 4.51. The topological polar surface area (TPSA) is 34.0 Å². The minimum atomic E-state index is -4.80. The molecule has 0 saturated heterocycles. The number of rotatable bonds is 1. The highest BCUT2D eigenvalue weighted by Gasteiger charge is 2.41. The van der Waals surface area contributed by atoms with Crippen molar-refractivity contribution in [2.75, 3.05) is 6.54 Å². The normalized spacial score (nSPS) is 16.2. The van der Waals surface area contributed by atoms with Crippen LogP contribution in [-0.4, -0.2) is 23.1 Å². The van der Waals surface area contributed by atoms with Crippen molar-refractivity contribution in [3.05, 3.63) is 23.5 Å². The predicted molar refractivity (Wildman–Crippen MR) is 46.5 cm³/mol. The maximum absolute atomic E-state index is 12.2. The van der Waals surface area contributed by atoms with Crippen LogP contribution in [0.5, 0.6) is 0 Å². The highest BCUT2D eigenvalue weighted by molar-refractivity contribution is 5.99. The number of halogens is 3. The molecule has 0 spiro atoms. The minimum absolute atomic E-state index is 0.263.